The molecule has 0 unspecified atom stereocenters. The van der Waals surface area contributed by atoms with Crippen molar-refractivity contribution in [2.75, 3.05) is 12.4 Å². The van der Waals surface area contributed by atoms with Crippen LogP contribution in [0, 0.1) is 6.92 Å². The molecule has 0 atom stereocenters. The standard InChI is InChI=1S/C21H20N4O2/c1-14-11-16-17(9-6-10-18(16)26)25(14)21-23-13-19(27-2)20(24-21)22-12-15-7-4-3-5-8-15/h3-11,13,26H,12H2,1-2H3,(H,22,23,24). The molecule has 0 aliphatic carbocycles. The Hall–Kier alpha value is -3.54. The van der Waals surface area contributed by atoms with Crippen LogP contribution in [0.3, 0.4) is 0 Å². The average Bonchev–Trinajstić information content (AvgIpc) is 3.04. The van der Waals surface area contributed by atoms with Crippen LogP contribution in [0.5, 0.6) is 11.5 Å². The van der Waals surface area contributed by atoms with Crippen molar-refractivity contribution in [3.8, 4) is 17.4 Å². The van der Waals surface area contributed by atoms with Gasteiger partial charge >= 0.3 is 0 Å². The molecule has 0 saturated carbocycles. The number of aromatic hydroxyl groups is 1. The second-order valence-corrected chi connectivity index (χ2v) is 6.26. The summed E-state index contributed by atoms with van der Waals surface area (Å²) in [5, 5.41) is 14.2. The smallest absolute Gasteiger partial charge is 0.236 e. The molecule has 0 spiro atoms. The van der Waals surface area contributed by atoms with E-state index in [0.717, 1.165) is 22.2 Å². The third-order valence-electron chi connectivity index (χ3n) is 4.47. The van der Waals surface area contributed by atoms with Crippen molar-refractivity contribution in [1.29, 1.82) is 0 Å². The maximum absolute atomic E-state index is 10.1. The van der Waals surface area contributed by atoms with Gasteiger partial charge in [-0.3, -0.25) is 4.57 Å². The zero-order chi connectivity index (χ0) is 18.8. The van der Waals surface area contributed by atoms with E-state index in [0.29, 0.717) is 24.1 Å². The zero-order valence-corrected chi connectivity index (χ0v) is 15.2. The summed E-state index contributed by atoms with van der Waals surface area (Å²) in [7, 11) is 1.60. The van der Waals surface area contributed by atoms with Gasteiger partial charge in [-0.05, 0) is 30.7 Å². The van der Waals surface area contributed by atoms with E-state index in [1.54, 1.807) is 19.4 Å². The van der Waals surface area contributed by atoms with Crippen molar-refractivity contribution in [3.63, 3.8) is 0 Å². The molecule has 0 aliphatic rings. The second-order valence-electron chi connectivity index (χ2n) is 6.26. The Balaban J connectivity index is 1.75. The average molecular weight is 360 g/mol. The fourth-order valence-corrected chi connectivity index (χ4v) is 3.14. The van der Waals surface area contributed by atoms with Crippen molar-refractivity contribution < 1.29 is 9.84 Å². The van der Waals surface area contributed by atoms with Crippen LogP contribution in [-0.4, -0.2) is 26.8 Å². The molecule has 0 bridgehead atoms. The molecule has 0 amide bonds. The minimum Gasteiger partial charge on any atom is -0.507 e. The van der Waals surface area contributed by atoms with Crippen LogP contribution in [0.15, 0.2) is 60.8 Å². The molecule has 4 rings (SSSR count). The first-order valence-corrected chi connectivity index (χ1v) is 8.66. The van der Waals surface area contributed by atoms with Crippen LogP contribution in [-0.2, 0) is 6.54 Å². The molecular weight excluding hydrogens is 340 g/mol. The molecule has 2 aromatic carbocycles. The van der Waals surface area contributed by atoms with E-state index in [4.69, 9.17) is 4.74 Å². The van der Waals surface area contributed by atoms with Gasteiger partial charge < -0.3 is 15.2 Å². The van der Waals surface area contributed by atoms with Crippen LogP contribution < -0.4 is 10.1 Å². The quantitative estimate of drug-likeness (QED) is 0.562. The summed E-state index contributed by atoms with van der Waals surface area (Å²) >= 11 is 0. The molecular formula is C21H20N4O2. The fourth-order valence-electron chi connectivity index (χ4n) is 3.14. The molecule has 27 heavy (non-hydrogen) atoms. The van der Waals surface area contributed by atoms with E-state index in [-0.39, 0.29) is 5.75 Å². The summed E-state index contributed by atoms with van der Waals surface area (Å²) < 4.78 is 7.33. The lowest BCUT2D eigenvalue weighted by atomic mass is 10.2. The third kappa shape index (κ3) is 3.17. The van der Waals surface area contributed by atoms with Gasteiger partial charge in [0.1, 0.15) is 5.75 Å². The number of anilines is 1. The van der Waals surface area contributed by atoms with Crippen molar-refractivity contribution in [2.24, 2.45) is 0 Å². The van der Waals surface area contributed by atoms with Gasteiger partial charge in [0.25, 0.3) is 0 Å². The number of nitrogens with one attached hydrogen (secondary N) is 1. The summed E-state index contributed by atoms with van der Waals surface area (Å²) in [6.45, 7) is 2.59. The van der Waals surface area contributed by atoms with Crippen molar-refractivity contribution in [2.45, 2.75) is 13.5 Å². The SMILES string of the molecule is COc1cnc(-n2c(C)cc3c(O)cccc32)nc1NCc1ccccc1. The van der Waals surface area contributed by atoms with Crippen LogP contribution in [0.1, 0.15) is 11.3 Å². The Bertz CT molecular complexity index is 1090. The van der Waals surface area contributed by atoms with E-state index >= 15 is 0 Å². The number of fused-ring (bicyclic) bond motifs is 1. The predicted octanol–water partition coefficient (Wildman–Crippen LogP) is 4.06. The van der Waals surface area contributed by atoms with Crippen molar-refractivity contribution in [1.82, 2.24) is 14.5 Å². The van der Waals surface area contributed by atoms with Gasteiger partial charge in [0, 0.05) is 17.6 Å². The number of aromatic nitrogens is 3. The Labute approximate surface area is 157 Å². The number of hydrogen-bond acceptors (Lipinski definition) is 5. The molecule has 2 N–H and O–H groups in total. The molecule has 2 heterocycles. The molecule has 0 fully saturated rings. The summed E-state index contributed by atoms with van der Waals surface area (Å²) in [6.07, 6.45) is 1.66. The Morgan fingerprint density at radius 3 is 2.70 bits per heavy atom. The van der Waals surface area contributed by atoms with Crippen molar-refractivity contribution >= 4 is 16.7 Å². The topological polar surface area (TPSA) is 72.2 Å². The highest BCUT2D eigenvalue weighted by Crippen LogP contribution is 2.30. The molecule has 0 aliphatic heterocycles. The second kappa shape index (κ2) is 6.99. The monoisotopic (exact) mass is 360 g/mol. The largest absolute Gasteiger partial charge is 0.507 e. The van der Waals surface area contributed by atoms with Gasteiger partial charge in [-0.25, -0.2) is 4.98 Å². The molecule has 2 aromatic heterocycles. The lowest BCUT2D eigenvalue weighted by Crippen LogP contribution is -2.08. The van der Waals surface area contributed by atoms with Crippen LogP contribution >= 0.6 is 0 Å². The maximum atomic E-state index is 10.1. The highest BCUT2D eigenvalue weighted by Gasteiger charge is 2.15. The minimum absolute atomic E-state index is 0.241. The van der Waals surface area contributed by atoms with E-state index < -0.39 is 0 Å². The summed E-state index contributed by atoms with van der Waals surface area (Å²) in [4.78, 5) is 9.13. The number of nitrogens with zero attached hydrogens (tertiary/aromatic N) is 3. The minimum atomic E-state index is 0.241. The Morgan fingerprint density at radius 2 is 1.93 bits per heavy atom. The Kier molecular flexibility index (Phi) is 4.38. The number of benzene rings is 2. The molecule has 136 valence electrons. The lowest BCUT2D eigenvalue weighted by Gasteiger charge is -2.13. The van der Waals surface area contributed by atoms with E-state index in [1.807, 2.05) is 60.0 Å². The number of phenolic OH excluding ortho intramolecular Hbond substituents is 1. The summed E-state index contributed by atoms with van der Waals surface area (Å²) in [5.41, 5.74) is 2.93. The predicted molar refractivity (Wildman–Crippen MR) is 106 cm³/mol. The van der Waals surface area contributed by atoms with Gasteiger partial charge in [-0.15, -0.1) is 0 Å². The van der Waals surface area contributed by atoms with Gasteiger partial charge in [-0.2, -0.15) is 4.98 Å². The van der Waals surface area contributed by atoms with Crippen LogP contribution in [0.2, 0.25) is 0 Å². The molecule has 0 saturated heterocycles. The maximum Gasteiger partial charge on any atom is 0.236 e. The van der Waals surface area contributed by atoms with E-state index in [9.17, 15) is 5.11 Å². The first-order chi connectivity index (χ1) is 13.2. The Morgan fingerprint density at radius 1 is 1.11 bits per heavy atom. The third-order valence-corrected chi connectivity index (χ3v) is 4.47. The number of methoxy groups -OCH3 is 1. The van der Waals surface area contributed by atoms with Crippen LogP contribution in [0.4, 0.5) is 5.82 Å². The number of hydrogen-bond donors (Lipinski definition) is 2. The summed E-state index contributed by atoms with van der Waals surface area (Å²) in [5.74, 6) is 1.95. The molecule has 6 nitrogen and oxygen atoms in total. The van der Waals surface area contributed by atoms with E-state index in [1.165, 1.54) is 0 Å². The fraction of sp³-hybridized carbons (Fsp3) is 0.143. The highest BCUT2D eigenvalue weighted by atomic mass is 16.5. The highest BCUT2D eigenvalue weighted by molar-refractivity contribution is 5.88. The van der Waals surface area contributed by atoms with Gasteiger partial charge in [0.2, 0.25) is 5.95 Å². The number of aryl methyl sites for hydroxylation is 1. The summed E-state index contributed by atoms with van der Waals surface area (Å²) in [6, 6.07) is 17.4. The molecule has 6 heteroatoms. The number of ether oxygens (including phenoxy) is 1. The van der Waals surface area contributed by atoms with Gasteiger partial charge in [0.05, 0.1) is 18.8 Å². The first kappa shape index (κ1) is 16.9. The van der Waals surface area contributed by atoms with Crippen LogP contribution in [0.25, 0.3) is 16.9 Å². The normalized spacial score (nSPS) is 10.9. The van der Waals surface area contributed by atoms with Gasteiger partial charge in [-0.1, -0.05) is 36.4 Å². The molecule has 0 radical (unpaired) electrons. The van der Waals surface area contributed by atoms with Crippen molar-refractivity contribution in [3.05, 3.63) is 72.1 Å². The number of rotatable bonds is 5. The van der Waals surface area contributed by atoms with E-state index in [2.05, 4.69) is 15.3 Å². The zero-order valence-electron chi connectivity index (χ0n) is 15.2. The molecule has 4 aromatic rings. The first-order valence-electron chi connectivity index (χ1n) is 8.66. The van der Waals surface area contributed by atoms with Gasteiger partial charge in [0.15, 0.2) is 11.6 Å². The number of phenols is 1. The lowest BCUT2D eigenvalue weighted by molar-refractivity contribution is 0.412.